The van der Waals surface area contributed by atoms with Crippen molar-refractivity contribution < 1.29 is 27.9 Å². The number of nitrogens with zero attached hydrogens (tertiary/aromatic N) is 1. The first-order valence-corrected chi connectivity index (χ1v) is 10.5. The Morgan fingerprint density at radius 2 is 1.83 bits per heavy atom. The van der Waals surface area contributed by atoms with E-state index < -0.39 is 36.3 Å². The quantitative estimate of drug-likeness (QED) is 0.227. The first kappa shape index (κ1) is 27.0. The van der Waals surface area contributed by atoms with Crippen LogP contribution >= 0.6 is 0 Å². The highest BCUT2D eigenvalue weighted by atomic mass is 19.4. The van der Waals surface area contributed by atoms with Gasteiger partial charge in [-0.15, -0.1) is 0 Å². The molecule has 0 aliphatic rings. The van der Waals surface area contributed by atoms with E-state index in [-0.39, 0.29) is 23.6 Å². The summed E-state index contributed by atoms with van der Waals surface area (Å²) in [5.74, 6) is 3.85. The zero-order valence-corrected chi connectivity index (χ0v) is 19.4. The van der Waals surface area contributed by atoms with Gasteiger partial charge in [-0.3, -0.25) is 10.2 Å². The number of carboxylic acids is 1. The molecule has 2 amide bonds. The van der Waals surface area contributed by atoms with Gasteiger partial charge in [0.1, 0.15) is 12.4 Å². The van der Waals surface area contributed by atoms with Gasteiger partial charge in [0.2, 0.25) is 0 Å². The Hall–Kier alpha value is -4.20. The smallest absolute Gasteiger partial charge is 0.417 e. The monoisotopic (exact) mass is 489 g/mol. The predicted molar refractivity (Wildman–Crippen MR) is 128 cm³/mol. The van der Waals surface area contributed by atoms with Crippen LogP contribution < -0.4 is 16.4 Å². The maximum absolute atomic E-state index is 13.7. The molecule has 0 heterocycles. The van der Waals surface area contributed by atoms with Gasteiger partial charge in [-0.25, -0.2) is 4.79 Å². The number of benzene rings is 2. The fourth-order valence-corrected chi connectivity index (χ4v) is 3.06. The molecule has 0 saturated carbocycles. The minimum absolute atomic E-state index is 0.0623. The van der Waals surface area contributed by atoms with E-state index in [0.29, 0.717) is 16.8 Å². The first-order chi connectivity index (χ1) is 16.3. The van der Waals surface area contributed by atoms with Crippen LogP contribution in [0.5, 0.6) is 0 Å². The molecule has 0 fully saturated rings. The molecule has 0 aromatic heterocycles. The standard InChI is InChI=1S/C24H26F3N5O3/c1-14(2)32(13-21(33)34)23(35)31-20-12-19(24(25,26)27)17(11-15(20)3)5-4-10-30-18-8-6-16(7-9-18)22(28)29/h6-9,11-12,14,30H,10,13H2,1-3H3,(H3,28,29)(H,31,35)(H,33,34). The van der Waals surface area contributed by atoms with Crippen LogP contribution in [-0.4, -0.2) is 47.0 Å². The van der Waals surface area contributed by atoms with E-state index >= 15 is 0 Å². The number of carbonyl (C=O) groups is 2. The Bertz CT molecular complexity index is 1170. The molecule has 2 aromatic carbocycles. The van der Waals surface area contributed by atoms with Crippen LogP contribution in [0.4, 0.5) is 29.3 Å². The molecule has 0 bridgehead atoms. The number of aliphatic carboxylic acids is 1. The van der Waals surface area contributed by atoms with E-state index in [1.54, 1.807) is 38.1 Å². The Balaban J connectivity index is 2.24. The molecule has 2 aromatic rings. The first-order valence-electron chi connectivity index (χ1n) is 10.5. The Labute approximate surface area is 200 Å². The molecule has 35 heavy (non-hydrogen) atoms. The lowest BCUT2D eigenvalue weighted by molar-refractivity contribution is -0.138. The van der Waals surface area contributed by atoms with E-state index in [4.69, 9.17) is 16.2 Å². The largest absolute Gasteiger partial charge is 0.480 e. The molecule has 0 atom stereocenters. The fourth-order valence-electron chi connectivity index (χ4n) is 3.06. The van der Waals surface area contributed by atoms with Gasteiger partial charge in [0.25, 0.3) is 0 Å². The second-order valence-electron chi connectivity index (χ2n) is 7.90. The number of nitrogens with two attached hydrogens (primary N) is 1. The average molecular weight is 489 g/mol. The summed E-state index contributed by atoms with van der Waals surface area (Å²) in [6, 6.07) is 7.33. The number of urea groups is 1. The number of rotatable bonds is 7. The van der Waals surface area contributed by atoms with Crippen LogP contribution in [0.25, 0.3) is 0 Å². The second kappa shape index (κ2) is 11.3. The second-order valence-corrected chi connectivity index (χ2v) is 7.90. The summed E-state index contributed by atoms with van der Waals surface area (Å²) in [7, 11) is 0. The molecule has 2 rings (SSSR count). The molecule has 0 unspecified atom stereocenters. The summed E-state index contributed by atoms with van der Waals surface area (Å²) >= 11 is 0. The maximum Gasteiger partial charge on any atom is 0.417 e. The Morgan fingerprint density at radius 3 is 2.34 bits per heavy atom. The third-order valence-corrected chi connectivity index (χ3v) is 4.90. The zero-order valence-electron chi connectivity index (χ0n) is 19.4. The molecule has 11 heteroatoms. The van der Waals surface area contributed by atoms with Gasteiger partial charge in [0.05, 0.1) is 12.1 Å². The number of amides is 2. The van der Waals surface area contributed by atoms with E-state index in [2.05, 4.69) is 22.5 Å². The number of hydrogen-bond acceptors (Lipinski definition) is 4. The van der Waals surface area contributed by atoms with E-state index in [1.165, 1.54) is 13.0 Å². The summed E-state index contributed by atoms with van der Waals surface area (Å²) in [4.78, 5) is 24.5. The van der Waals surface area contributed by atoms with Gasteiger partial charge in [-0.2, -0.15) is 13.2 Å². The SMILES string of the molecule is Cc1cc(C#CCNc2ccc(C(=N)N)cc2)c(C(F)(F)F)cc1NC(=O)N(CC(=O)O)C(C)C. The number of alkyl halides is 3. The van der Waals surface area contributed by atoms with E-state index in [9.17, 15) is 22.8 Å². The molecule has 186 valence electrons. The molecule has 0 aliphatic carbocycles. The number of carboxylic acid groups (broad SMARTS) is 1. The zero-order chi connectivity index (χ0) is 26.3. The van der Waals surface area contributed by atoms with Crippen LogP contribution in [-0.2, 0) is 11.0 Å². The van der Waals surface area contributed by atoms with Gasteiger partial charge in [-0.05, 0) is 62.7 Å². The lowest BCUT2D eigenvalue weighted by atomic mass is 10.0. The van der Waals surface area contributed by atoms with Crippen molar-refractivity contribution in [2.45, 2.75) is 33.0 Å². The Morgan fingerprint density at radius 1 is 1.20 bits per heavy atom. The van der Waals surface area contributed by atoms with Crippen LogP contribution in [0.1, 0.15) is 36.1 Å². The third-order valence-electron chi connectivity index (χ3n) is 4.90. The lowest BCUT2D eigenvalue weighted by Crippen LogP contribution is -2.43. The predicted octanol–water partition coefficient (Wildman–Crippen LogP) is 4.09. The minimum Gasteiger partial charge on any atom is -0.480 e. The maximum atomic E-state index is 13.7. The highest BCUT2D eigenvalue weighted by molar-refractivity contribution is 5.95. The van der Waals surface area contributed by atoms with Crippen molar-refractivity contribution in [3.05, 3.63) is 58.7 Å². The van der Waals surface area contributed by atoms with Crippen molar-refractivity contribution in [2.24, 2.45) is 5.73 Å². The molecule has 0 saturated heterocycles. The van der Waals surface area contributed by atoms with Crippen molar-refractivity contribution in [1.29, 1.82) is 5.41 Å². The van der Waals surface area contributed by atoms with Crippen molar-refractivity contribution in [3.8, 4) is 11.8 Å². The summed E-state index contributed by atoms with van der Waals surface area (Å²) in [6.45, 7) is 4.18. The van der Waals surface area contributed by atoms with Gasteiger partial charge >= 0.3 is 18.2 Å². The number of carbonyl (C=O) groups excluding carboxylic acids is 1. The molecule has 8 nitrogen and oxygen atoms in total. The molecule has 0 aliphatic heterocycles. The van der Waals surface area contributed by atoms with E-state index in [1.807, 2.05) is 0 Å². The third kappa shape index (κ3) is 7.67. The summed E-state index contributed by atoms with van der Waals surface area (Å²) in [5, 5.41) is 21.7. The van der Waals surface area contributed by atoms with Crippen molar-refractivity contribution >= 4 is 29.2 Å². The molecule has 0 spiro atoms. The highest BCUT2D eigenvalue weighted by Gasteiger charge is 2.34. The van der Waals surface area contributed by atoms with Gasteiger partial charge in [0.15, 0.2) is 0 Å². The summed E-state index contributed by atoms with van der Waals surface area (Å²) < 4.78 is 41.2. The van der Waals surface area contributed by atoms with Crippen LogP contribution in [0.15, 0.2) is 36.4 Å². The van der Waals surface area contributed by atoms with Gasteiger partial charge in [-0.1, -0.05) is 11.8 Å². The minimum atomic E-state index is -4.73. The normalized spacial score (nSPS) is 10.8. The number of anilines is 2. The van der Waals surface area contributed by atoms with Crippen molar-refractivity contribution in [1.82, 2.24) is 4.90 Å². The number of hydrogen-bond donors (Lipinski definition) is 5. The number of aryl methyl sites for hydroxylation is 1. The summed E-state index contributed by atoms with van der Waals surface area (Å²) in [6.07, 6.45) is -4.73. The number of halogens is 3. The van der Waals surface area contributed by atoms with Gasteiger partial charge < -0.3 is 26.4 Å². The van der Waals surface area contributed by atoms with Crippen LogP contribution in [0.2, 0.25) is 0 Å². The average Bonchev–Trinajstić information content (AvgIpc) is 2.75. The van der Waals surface area contributed by atoms with Crippen molar-refractivity contribution in [3.63, 3.8) is 0 Å². The van der Waals surface area contributed by atoms with Crippen LogP contribution in [0, 0.1) is 24.2 Å². The molecular formula is C24H26F3N5O3. The number of amidine groups is 1. The number of nitrogen functional groups attached to an aromatic ring is 1. The molecular weight excluding hydrogens is 463 g/mol. The highest BCUT2D eigenvalue weighted by Crippen LogP contribution is 2.35. The topological polar surface area (TPSA) is 132 Å². The van der Waals surface area contributed by atoms with Crippen LogP contribution in [0.3, 0.4) is 0 Å². The van der Waals surface area contributed by atoms with E-state index in [0.717, 1.165) is 11.0 Å². The molecule has 6 N–H and O–H groups in total. The van der Waals surface area contributed by atoms with Crippen molar-refractivity contribution in [2.75, 3.05) is 23.7 Å². The number of nitrogens with one attached hydrogen (secondary N) is 3. The van der Waals surface area contributed by atoms with Gasteiger partial charge in [0, 0.05) is 28.5 Å². The fraction of sp³-hybridized carbons (Fsp3) is 0.292. The Kier molecular flexibility index (Phi) is 8.72. The summed E-state index contributed by atoms with van der Waals surface area (Å²) in [5.41, 5.74) is 5.56. The molecule has 0 radical (unpaired) electrons. The lowest BCUT2D eigenvalue weighted by Gasteiger charge is -2.26.